The highest BCUT2D eigenvalue weighted by molar-refractivity contribution is 5.90. The fraction of sp³-hybridized carbons (Fsp3) is 0.467. The first-order valence-corrected chi connectivity index (χ1v) is 7.15. The van der Waals surface area contributed by atoms with Gasteiger partial charge in [-0.2, -0.15) is 0 Å². The molecule has 3 amide bonds. The predicted molar refractivity (Wildman–Crippen MR) is 78.8 cm³/mol. The molecular formula is C15H21N3O3. The average molecular weight is 291 g/mol. The molecule has 0 aliphatic carbocycles. The van der Waals surface area contributed by atoms with Gasteiger partial charge in [-0.05, 0) is 18.9 Å². The lowest BCUT2D eigenvalue weighted by atomic mass is 10.1. The fourth-order valence-electron chi connectivity index (χ4n) is 2.10. The third-order valence-electron chi connectivity index (χ3n) is 3.35. The standard InChI is InChI=1S/C15H21N3O3/c1-11(12-6-3-2-4-7-12)21-9-5-8-16-14(19)13-10-17-15(20)18-13/h2-4,6-7,11,13H,5,8-10H2,1H3,(H,16,19)(H2,17,18,20)/t11-,13-/m1/s1. The molecule has 1 aliphatic rings. The Morgan fingerprint density at radius 3 is 2.86 bits per heavy atom. The van der Waals surface area contributed by atoms with Gasteiger partial charge in [0.1, 0.15) is 6.04 Å². The van der Waals surface area contributed by atoms with Crippen molar-refractivity contribution in [2.45, 2.75) is 25.5 Å². The van der Waals surface area contributed by atoms with Crippen LogP contribution < -0.4 is 16.0 Å². The van der Waals surface area contributed by atoms with E-state index in [2.05, 4.69) is 16.0 Å². The SMILES string of the molecule is C[C@@H](OCCCNC(=O)[C@H]1CNC(=O)N1)c1ccccc1. The average Bonchev–Trinajstić information content (AvgIpc) is 2.94. The number of ether oxygens (including phenoxy) is 1. The summed E-state index contributed by atoms with van der Waals surface area (Å²) in [6.07, 6.45) is 0.775. The largest absolute Gasteiger partial charge is 0.374 e. The molecule has 1 heterocycles. The number of urea groups is 1. The van der Waals surface area contributed by atoms with Crippen LogP contribution in [-0.4, -0.2) is 37.7 Å². The van der Waals surface area contributed by atoms with Crippen LogP contribution in [0.5, 0.6) is 0 Å². The van der Waals surface area contributed by atoms with E-state index in [1.54, 1.807) is 0 Å². The number of carbonyl (C=O) groups excluding carboxylic acids is 2. The van der Waals surface area contributed by atoms with Crippen LogP contribution in [0.3, 0.4) is 0 Å². The normalized spacial score (nSPS) is 18.7. The predicted octanol–water partition coefficient (Wildman–Crippen LogP) is 0.952. The molecule has 1 aliphatic heterocycles. The Labute approximate surface area is 124 Å². The van der Waals surface area contributed by atoms with Crippen molar-refractivity contribution in [3.8, 4) is 0 Å². The maximum absolute atomic E-state index is 11.7. The minimum Gasteiger partial charge on any atom is -0.374 e. The van der Waals surface area contributed by atoms with Crippen LogP contribution >= 0.6 is 0 Å². The van der Waals surface area contributed by atoms with E-state index < -0.39 is 6.04 Å². The zero-order chi connectivity index (χ0) is 15.1. The van der Waals surface area contributed by atoms with Gasteiger partial charge in [-0.1, -0.05) is 30.3 Å². The third-order valence-corrected chi connectivity index (χ3v) is 3.35. The summed E-state index contributed by atoms with van der Waals surface area (Å²) >= 11 is 0. The van der Waals surface area contributed by atoms with Crippen molar-refractivity contribution in [3.63, 3.8) is 0 Å². The maximum atomic E-state index is 11.7. The lowest BCUT2D eigenvalue weighted by molar-refractivity contribution is -0.122. The summed E-state index contributed by atoms with van der Waals surface area (Å²) in [5.74, 6) is -0.163. The van der Waals surface area contributed by atoms with Crippen LogP contribution in [0.25, 0.3) is 0 Å². The molecule has 0 spiro atoms. The van der Waals surface area contributed by atoms with Crippen LogP contribution in [0.2, 0.25) is 0 Å². The van der Waals surface area contributed by atoms with Gasteiger partial charge in [-0.3, -0.25) is 4.79 Å². The highest BCUT2D eigenvalue weighted by Gasteiger charge is 2.26. The van der Waals surface area contributed by atoms with E-state index in [-0.39, 0.29) is 18.0 Å². The van der Waals surface area contributed by atoms with Gasteiger partial charge in [-0.15, -0.1) is 0 Å². The smallest absolute Gasteiger partial charge is 0.315 e. The first kappa shape index (κ1) is 15.3. The number of rotatable bonds is 7. The molecule has 0 radical (unpaired) electrons. The molecule has 0 saturated carbocycles. The second-order valence-electron chi connectivity index (χ2n) is 4.98. The summed E-state index contributed by atoms with van der Waals surface area (Å²) in [5, 5.41) is 7.88. The van der Waals surface area contributed by atoms with Gasteiger partial charge in [0.15, 0.2) is 0 Å². The molecule has 0 bridgehead atoms. The zero-order valence-corrected chi connectivity index (χ0v) is 12.1. The molecule has 0 aromatic heterocycles. The van der Waals surface area contributed by atoms with E-state index >= 15 is 0 Å². The quantitative estimate of drug-likeness (QED) is 0.654. The molecule has 2 atom stereocenters. The molecule has 1 fully saturated rings. The van der Waals surface area contributed by atoms with E-state index in [0.717, 1.165) is 12.0 Å². The summed E-state index contributed by atoms with van der Waals surface area (Å²) in [7, 11) is 0. The topological polar surface area (TPSA) is 79.5 Å². The van der Waals surface area contributed by atoms with Gasteiger partial charge in [0.2, 0.25) is 5.91 Å². The lowest BCUT2D eigenvalue weighted by Crippen LogP contribution is -2.43. The second-order valence-corrected chi connectivity index (χ2v) is 4.98. The number of benzene rings is 1. The van der Waals surface area contributed by atoms with Crippen molar-refractivity contribution in [3.05, 3.63) is 35.9 Å². The van der Waals surface area contributed by atoms with E-state index in [1.807, 2.05) is 37.3 Å². The summed E-state index contributed by atoms with van der Waals surface area (Å²) in [4.78, 5) is 22.6. The molecule has 2 rings (SSSR count). The van der Waals surface area contributed by atoms with Crippen LogP contribution in [-0.2, 0) is 9.53 Å². The third kappa shape index (κ3) is 4.75. The lowest BCUT2D eigenvalue weighted by Gasteiger charge is -2.14. The second kappa shape index (κ2) is 7.64. The molecular weight excluding hydrogens is 270 g/mol. The number of hydrogen-bond acceptors (Lipinski definition) is 3. The van der Waals surface area contributed by atoms with E-state index in [4.69, 9.17) is 4.74 Å². The Kier molecular flexibility index (Phi) is 5.57. The van der Waals surface area contributed by atoms with Crippen molar-refractivity contribution in [2.75, 3.05) is 19.7 Å². The monoisotopic (exact) mass is 291 g/mol. The Balaban J connectivity index is 1.58. The fourth-order valence-corrected chi connectivity index (χ4v) is 2.10. The van der Waals surface area contributed by atoms with E-state index in [1.165, 1.54) is 0 Å². The first-order chi connectivity index (χ1) is 10.2. The number of amides is 3. The summed E-state index contributed by atoms with van der Waals surface area (Å²) < 4.78 is 5.72. The molecule has 6 nitrogen and oxygen atoms in total. The van der Waals surface area contributed by atoms with Gasteiger partial charge in [0.05, 0.1) is 6.10 Å². The van der Waals surface area contributed by atoms with Crippen LogP contribution in [0.1, 0.15) is 25.0 Å². The number of carbonyl (C=O) groups is 2. The molecule has 6 heteroatoms. The zero-order valence-electron chi connectivity index (χ0n) is 12.1. The molecule has 1 aromatic rings. The number of hydrogen-bond donors (Lipinski definition) is 3. The van der Waals surface area contributed by atoms with Crippen molar-refractivity contribution in [2.24, 2.45) is 0 Å². The van der Waals surface area contributed by atoms with Crippen molar-refractivity contribution < 1.29 is 14.3 Å². The van der Waals surface area contributed by atoms with Crippen molar-refractivity contribution >= 4 is 11.9 Å². The highest BCUT2D eigenvalue weighted by atomic mass is 16.5. The first-order valence-electron chi connectivity index (χ1n) is 7.15. The maximum Gasteiger partial charge on any atom is 0.315 e. The summed E-state index contributed by atoms with van der Waals surface area (Å²) in [6.45, 7) is 3.46. The van der Waals surface area contributed by atoms with Crippen molar-refractivity contribution in [1.82, 2.24) is 16.0 Å². The Bertz CT molecular complexity index is 478. The molecule has 1 saturated heterocycles. The van der Waals surface area contributed by atoms with Gasteiger partial charge in [0.25, 0.3) is 0 Å². The van der Waals surface area contributed by atoms with Crippen LogP contribution in [0, 0.1) is 0 Å². The van der Waals surface area contributed by atoms with E-state index in [0.29, 0.717) is 19.7 Å². The highest BCUT2D eigenvalue weighted by Crippen LogP contribution is 2.15. The van der Waals surface area contributed by atoms with Gasteiger partial charge < -0.3 is 20.7 Å². The summed E-state index contributed by atoms with van der Waals surface area (Å²) in [5.41, 5.74) is 1.14. The summed E-state index contributed by atoms with van der Waals surface area (Å²) in [6, 6.07) is 9.24. The Hall–Kier alpha value is -2.08. The number of nitrogens with one attached hydrogen (secondary N) is 3. The Morgan fingerprint density at radius 2 is 2.19 bits per heavy atom. The Morgan fingerprint density at radius 1 is 1.43 bits per heavy atom. The van der Waals surface area contributed by atoms with Gasteiger partial charge in [-0.25, -0.2) is 4.79 Å². The van der Waals surface area contributed by atoms with Crippen molar-refractivity contribution in [1.29, 1.82) is 0 Å². The molecule has 3 N–H and O–H groups in total. The van der Waals surface area contributed by atoms with Gasteiger partial charge in [0, 0.05) is 19.7 Å². The van der Waals surface area contributed by atoms with Crippen LogP contribution in [0.15, 0.2) is 30.3 Å². The minimum absolute atomic E-state index is 0.0419. The molecule has 0 unspecified atom stereocenters. The van der Waals surface area contributed by atoms with Crippen LogP contribution in [0.4, 0.5) is 4.79 Å². The van der Waals surface area contributed by atoms with Gasteiger partial charge >= 0.3 is 6.03 Å². The minimum atomic E-state index is -0.471. The molecule has 1 aromatic carbocycles. The van der Waals surface area contributed by atoms with E-state index in [9.17, 15) is 9.59 Å². The molecule has 21 heavy (non-hydrogen) atoms. The molecule has 114 valence electrons.